The Morgan fingerprint density at radius 3 is 2.32 bits per heavy atom. The number of aliphatic hydroxyl groups is 1. The second-order valence-corrected chi connectivity index (χ2v) is 13.7. The first-order valence-corrected chi connectivity index (χ1v) is 15.5. The van der Waals surface area contributed by atoms with E-state index in [-0.39, 0.29) is 42.9 Å². The van der Waals surface area contributed by atoms with E-state index in [4.69, 9.17) is 38.2 Å². The van der Waals surface area contributed by atoms with E-state index < -0.39 is 58.0 Å². The molecule has 7 rings (SSSR count). The van der Waals surface area contributed by atoms with Gasteiger partial charge in [-0.2, -0.15) is 0 Å². The van der Waals surface area contributed by atoms with E-state index in [1.807, 2.05) is 0 Å². The number of carbonyl (C=O) groups excluding carboxylic acids is 2. The van der Waals surface area contributed by atoms with Crippen molar-refractivity contribution in [2.45, 2.75) is 74.3 Å². The van der Waals surface area contributed by atoms with Gasteiger partial charge in [0.1, 0.15) is 23.1 Å². The molecule has 240 valence electrons. The maximum absolute atomic E-state index is 13.8. The van der Waals surface area contributed by atoms with Crippen LogP contribution >= 0.6 is 0 Å². The average molecular weight is 614 g/mol. The molecule has 11 heteroatoms. The topological polar surface area (TPSA) is 131 Å². The third kappa shape index (κ3) is 3.53. The number of rotatable bonds is 9. The fourth-order valence-electron chi connectivity index (χ4n) is 11.4. The van der Waals surface area contributed by atoms with Gasteiger partial charge in [-0.3, -0.25) is 9.79 Å². The first-order valence-electron chi connectivity index (χ1n) is 15.5. The molecule has 0 aromatic heterocycles. The monoisotopic (exact) mass is 613 g/mol. The van der Waals surface area contributed by atoms with Gasteiger partial charge in [0.15, 0.2) is 0 Å². The van der Waals surface area contributed by atoms with E-state index in [9.17, 15) is 14.7 Å². The SMILES string of the molecule is COCC12C=NC3C4C(OC)C1C3(C(OC)CC2)C1CC2(O)C(OC)CC4(OC(C)=O)C1C2OC(=O)c1ccc(OC)cc1. The lowest BCUT2D eigenvalue weighted by Crippen LogP contribution is -2.73. The normalized spacial score (nSPS) is 47.3. The van der Waals surface area contributed by atoms with E-state index >= 15 is 0 Å². The van der Waals surface area contributed by atoms with Crippen molar-refractivity contribution in [2.24, 2.45) is 39.5 Å². The van der Waals surface area contributed by atoms with Gasteiger partial charge in [0, 0.05) is 76.6 Å². The highest BCUT2D eigenvalue weighted by atomic mass is 16.6. The number of hydrogen-bond donors (Lipinski definition) is 1. The molecule has 11 nitrogen and oxygen atoms in total. The standard InChI is InChI=1S/C33H43NO10/c1-17(35)44-32-14-22(41-5)31(37)13-20(23(32)28(31)43-29(36)18-7-9-19(39-3)10-8-18)33-21(40-4)11-12-30(16-38-2)15-34-27(33)24(32)25(42-6)26(30)33/h7-10,15,20-28,37H,11-14,16H2,1-6H3. The quantitative estimate of drug-likeness (QED) is 0.415. The molecule has 1 aliphatic heterocycles. The summed E-state index contributed by atoms with van der Waals surface area (Å²) in [4.78, 5) is 32.1. The maximum Gasteiger partial charge on any atom is 0.338 e. The van der Waals surface area contributed by atoms with Crippen LogP contribution in [-0.2, 0) is 33.2 Å². The molecule has 0 amide bonds. The van der Waals surface area contributed by atoms with Gasteiger partial charge in [-0.1, -0.05) is 0 Å². The lowest BCUT2D eigenvalue weighted by molar-refractivity contribution is -0.264. The third-order valence-corrected chi connectivity index (χ3v) is 12.4. The largest absolute Gasteiger partial charge is 0.497 e. The zero-order valence-corrected chi connectivity index (χ0v) is 26.2. The average Bonchev–Trinajstić information content (AvgIpc) is 3.36. The number of aliphatic imine (C=N–C) groups is 1. The predicted molar refractivity (Wildman–Crippen MR) is 155 cm³/mol. The number of methoxy groups -OCH3 is 5. The minimum Gasteiger partial charge on any atom is -0.497 e. The van der Waals surface area contributed by atoms with Crippen molar-refractivity contribution in [3.63, 3.8) is 0 Å². The highest BCUT2D eigenvalue weighted by molar-refractivity contribution is 5.89. The van der Waals surface area contributed by atoms with Gasteiger partial charge in [-0.15, -0.1) is 0 Å². The minimum atomic E-state index is -1.53. The van der Waals surface area contributed by atoms with Crippen LogP contribution in [0.15, 0.2) is 29.3 Å². The number of nitrogens with zero attached hydrogens (tertiary/aromatic N) is 1. The molecule has 13 atom stereocenters. The summed E-state index contributed by atoms with van der Waals surface area (Å²) in [6, 6.07) is 6.35. The van der Waals surface area contributed by atoms with E-state index in [1.165, 1.54) is 14.0 Å². The summed E-state index contributed by atoms with van der Waals surface area (Å²) in [6.45, 7) is 1.86. The second-order valence-electron chi connectivity index (χ2n) is 13.7. The van der Waals surface area contributed by atoms with E-state index in [0.29, 0.717) is 17.9 Å². The molecule has 1 spiro atoms. The Morgan fingerprint density at radius 1 is 0.977 bits per heavy atom. The first kappa shape index (κ1) is 30.1. The molecule has 13 unspecified atom stereocenters. The summed E-state index contributed by atoms with van der Waals surface area (Å²) in [6.07, 6.45) is 1.78. The van der Waals surface area contributed by atoms with Crippen LogP contribution in [0.25, 0.3) is 0 Å². The van der Waals surface area contributed by atoms with E-state index in [0.717, 1.165) is 12.8 Å². The molecule has 1 heterocycles. The van der Waals surface area contributed by atoms with Crippen LogP contribution in [0, 0.1) is 34.5 Å². The van der Waals surface area contributed by atoms with Crippen LogP contribution in [-0.4, -0.2) is 107 Å². The van der Waals surface area contributed by atoms with Gasteiger partial charge in [0.25, 0.3) is 0 Å². The lowest BCUT2D eigenvalue weighted by Gasteiger charge is -2.64. The van der Waals surface area contributed by atoms with Crippen molar-refractivity contribution in [3.05, 3.63) is 29.8 Å². The minimum absolute atomic E-state index is 0.0875. The van der Waals surface area contributed by atoms with Crippen molar-refractivity contribution in [2.75, 3.05) is 42.2 Å². The summed E-state index contributed by atoms with van der Waals surface area (Å²) in [5, 5.41) is 12.7. The van der Waals surface area contributed by atoms with Crippen LogP contribution in [0.5, 0.6) is 5.75 Å². The van der Waals surface area contributed by atoms with Gasteiger partial charge in [0.05, 0.1) is 43.6 Å². The molecular weight excluding hydrogens is 570 g/mol. The van der Waals surface area contributed by atoms with Crippen LogP contribution in [0.1, 0.15) is 43.0 Å². The molecule has 1 N–H and O–H groups in total. The first-order chi connectivity index (χ1) is 21.1. The smallest absolute Gasteiger partial charge is 0.338 e. The Morgan fingerprint density at radius 2 is 1.70 bits per heavy atom. The van der Waals surface area contributed by atoms with E-state index in [2.05, 4.69) is 6.21 Å². The highest BCUT2D eigenvalue weighted by Crippen LogP contribution is 2.79. The van der Waals surface area contributed by atoms with Crippen LogP contribution in [0.2, 0.25) is 0 Å². The second kappa shape index (κ2) is 10.2. The molecule has 0 saturated heterocycles. The van der Waals surface area contributed by atoms with Crippen molar-refractivity contribution in [1.82, 2.24) is 0 Å². The Kier molecular flexibility index (Phi) is 6.99. The van der Waals surface area contributed by atoms with Crippen molar-refractivity contribution < 1.29 is 47.9 Å². The van der Waals surface area contributed by atoms with Gasteiger partial charge in [-0.25, -0.2) is 4.79 Å². The fourth-order valence-corrected chi connectivity index (χ4v) is 11.4. The number of ether oxygens (including phenoxy) is 7. The van der Waals surface area contributed by atoms with Gasteiger partial charge in [-0.05, 0) is 49.4 Å². The van der Waals surface area contributed by atoms with Gasteiger partial charge in [0.2, 0.25) is 0 Å². The number of esters is 2. The zero-order chi connectivity index (χ0) is 31.2. The van der Waals surface area contributed by atoms with Crippen LogP contribution in [0.3, 0.4) is 0 Å². The van der Waals surface area contributed by atoms with Crippen molar-refractivity contribution in [1.29, 1.82) is 0 Å². The number of carbonyl (C=O) groups is 2. The van der Waals surface area contributed by atoms with E-state index in [1.54, 1.807) is 52.7 Å². The molecule has 6 aliphatic rings. The lowest BCUT2D eigenvalue weighted by atomic mass is 9.44. The van der Waals surface area contributed by atoms with Crippen molar-refractivity contribution >= 4 is 18.2 Å². The summed E-state index contributed by atoms with van der Waals surface area (Å²) in [5.74, 6) is -1.74. The fraction of sp³-hybridized carbons (Fsp3) is 0.727. The molecule has 44 heavy (non-hydrogen) atoms. The zero-order valence-electron chi connectivity index (χ0n) is 26.2. The Labute approximate surface area is 257 Å². The molecule has 7 bridgehead atoms. The van der Waals surface area contributed by atoms with Crippen LogP contribution in [0.4, 0.5) is 0 Å². The molecule has 5 saturated carbocycles. The Bertz CT molecular complexity index is 1350. The van der Waals surface area contributed by atoms with Gasteiger partial charge < -0.3 is 38.3 Å². The van der Waals surface area contributed by atoms with Crippen LogP contribution < -0.4 is 4.74 Å². The Balaban J connectivity index is 1.43. The molecule has 5 aliphatic carbocycles. The summed E-state index contributed by atoms with van der Waals surface area (Å²) in [5.41, 5.74) is -3.41. The molecular formula is C33H43NO10. The highest BCUT2D eigenvalue weighted by Gasteiger charge is 2.89. The summed E-state index contributed by atoms with van der Waals surface area (Å²) >= 11 is 0. The number of hydrogen-bond acceptors (Lipinski definition) is 11. The Hall–Kier alpha value is -2.57. The van der Waals surface area contributed by atoms with Gasteiger partial charge >= 0.3 is 11.9 Å². The maximum atomic E-state index is 13.8. The number of benzene rings is 1. The number of fused-ring (bicyclic) bond motifs is 2. The molecule has 0 radical (unpaired) electrons. The van der Waals surface area contributed by atoms with Crippen molar-refractivity contribution in [3.8, 4) is 5.75 Å². The molecule has 1 aromatic carbocycles. The molecule has 5 fully saturated rings. The molecule has 1 aromatic rings. The summed E-state index contributed by atoms with van der Waals surface area (Å²) in [7, 11) is 8.24. The summed E-state index contributed by atoms with van der Waals surface area (Å²) < 4.78 is 42.8. The predicted octanol–water partition coefficient (Wildman–Crippen LogP) is 2.46. The third-order valence-electron chi connectivity index (χ3n) is 12.4.